The molecule has 0 fully saturated rings. The van der Waals surface area contributed by atoms with Crippen molar-refractivity contribution in [2.24, 2.45) is 5.84 Å². The van der Waals surface area contributed by atoms with Crippen molar-refractivity contribution < 1.29 is 4.79 Å². The van der Waals surface area contributed by atoms with Crippen LogP contribution in [0.4, 0.5) is 11.5 Å². The number of hydrogen-bond acceptors (Lipinski definition) is 5. The number of hydrogen-bond donors (Lipinski definition) is 3. The number of carbonyl (C=O) groups is 1. The summed E-state index contributed by atoms with van der Waals surface area (Å²) >= 11 is 5.69. The molecule has 2 heterocycles. The first-order valence-electron chi connectivity index (χ1n) is 5.04. The maximum absolute atomic E-state index is 11.8. The summed E-state index contributed by atoms with van der Waals surface area (Å²) in [6.45, 7) is 0. The van der Waals surface area contributed by atoms with Gasteiger partial charge in [-0.1, -0.05) is 11.6 Å². The van der Waals surface area contributed by atoms with Gasteiger partial charge in [-0.3, -0.25) is 10.6 Å². The monoisotopic (exact) mass is 263 g/mol. The lowest BCUT2D eigenvalue weighted by atomic mass is 10.3. The van der Waals surface area contributed by atoms with E-state index in [1.807, 2.05) is 0 Å². The Morgan fingerprint density at radius 2 is 2.00 bits per heavy atom. The minimum atomic E-state index is -0.353. The number of nitrogens with two attached hydrogens (primary N) is 1. The number of anilines is 2. The first kappa shape index (κ1) is 12.3. The SMILES string of the molecule is NNc1ccc(C(=O)Nc2ccc(Cl)cn2)nc1. The highest BCUT2D eigenvalue weighted by Gasteiger charge is 2.07. The van der Waals surface area contributed by atoms with Crippen molar-refractivity contribution in [2.75, 3.05) is 10.7 Å². The van der Waals surface area contributed by atoms with Crippen molar-refractivity contribution in [2.45, 2.75) is 0 Å². The molecular formula is C11H10ClN5O. The number of hydrazine groups is 1. The lowest BCUT2D eigenvalue weighted by molar-refractivity contribution is 0.102. The summed E-state index contributed by atoms with van der Waals surface area (Å²) < 4.78 is 0. The summed E-state index contributed by atoms with van der Waals surface area (Å²) in [5.41, 5.74) is 3.32. The minimum absolute atomic E-state index is 0.269. The van der Waals surface area contributed by atoms with Crippen molar-refractivity contribution in [1.82, 2.24) is 9.97 Å². The molecule has 0 aromatic carbocycles. The van der Waals surface area contributed by atoms with Gasteiger partial charge in [0, 0.05) is 6.20 Å². The maximum Gasteiger partial charge on any atom is 0.275 e. The Kier molecular flexibility index (Phi) is 3.71. The van der Waals surface area contributed by atoms with Crippen molar-refractivity contribution in [3.05, 3.63) is 47.4 Å². The van der Waals surface area contributed by atoms with Crippen LogP contribution in [0.5, 0.6) is 0 Å². The van der Waals surface area contributed by atoms with E-state index in [0.29, 0.717) is 16.5 Å². The number of nitrogen functional groups attached to an aromatic ring is 1. The molecule has 7 heteroatoms. The van der Waals surface area contributed by atoms with Gasteiger partial charge in [0.1, 0.15) is 11.5 Å². The van der Waals surface area contributed by atoms with Crippen LogP contribution in [0.25, 0.3) is 0 Å². The third-order valence-electron chi connectivity index (χ3n) is 2.13. The highest BCUT2D eigenvalue weighted by molar-refractivity contribution is 6.30. The highest BCUT2D eigenvalue weighted by Crippen LogP contribution is 2.11. The first-order chi connectivity index (χ1) is 8.69. The van der Waals surface area contributed by atoms with E-state index in [2.05, 4.69) is 20.7 Å². The molecule has 4 N–H and O–H groups in total. The van der Waals surface area contributed by atoms with Gasteiger partial charge in [0.15, 0.2) is 0 Å². The quantitative estimate of drug-likeness (QED) is 0.579. The molecule has 2 aromatic rings. The molecule has 0 aliphatic carbocycles. The average molecular weight is 264 g/mol. The molecule has 2 rings (SSSR count). The number of carbonyl (C=O) groups excluding carboxylic acids is 1. The third-order valence-corrected chi connectivity index (χ3v) is 2.36. The van der Waals surface area contributed by atoms with Gasteiger partial charge in [-0.2, -0.15) is 0 Å². The predicted octanol–water partition coefficient (Wildman–Crippen LogP) is 1.67. The smallest absolute Gasteiger partial charge is 0.275 e. The Hall–Kier alpha value is -2.18. The molecule has 0 saturated carbocycles. The second-order valence-corrected chi connectivity index (χ2v) is 3.83. The number of nitrogens with zero attached hydrogens (tertiary/aromatic N) is 2. The van der Waals surface area contributed by atoms with Crippen molar-refractivity contribution in [1.29, 1.82) is 0 Å². The van der Waals surface area contributed by atoms with E-state index >= 15 is 0 Å². The molecule has 0 saturated heterocycles. The molecule has 0 unspecified atom stereocenters. The summed E-state index contributed by atoms with van der Waals surface area (Å²) in [4.78, 5) is 19.7. The molecule has 0 atom stereocenters. The van der Waals surface area contributed by atoms with E-state index in [9.17, 15) is 4.79 Å². The second kappa shape index (κ2) is 5.44. The van der Waals surface area contributed by atoms with E-state index < -0.39 is 0 Å². The van der Waals surface area contributed by atoms with E-state index in [0.717, 1.165) is 0 Å². The van der Waals surface area contributed by atoms with Crippen molar-refractivity contribution in [3.8, 4) is 0 Å². The van der Waals surface area contributed by atoms with Crippen LogP contribution in [-0.2, 0) is 0 Å². The highest BCUT2D eigenvalue weighted by atomic mass is 35.5. The van der Waals surface area contributed by atoms with Gasteiger partial charge in [-0.05, 0) is 24.3 Å². The number of halogens is 1. The summed E-state index contributed by atoms with van der Waals surface area (Å²) in [6, 6.07) is 6.45. The molecule has 0 radical (unpaired) electrons. The molecule has 18 heavy (non-hydrogen) atoms. The predicted molar refractivity (Wildman–Crippen MR) is 69.2 cm³/mol. The summed E-state index contributed by atoms with van der Waals surface area (Å²) in [5.74, 6) is 5.26. The Morgan fingerprint density at radius 3 is 2.56 bits per heavy atom. The van der Waals surface area contributed by atoms with Crippen LogP contribution in [0.2, 0.25) is 5.02 Å². The number of amides is 1. The number of nitrogens with one attached hydrogen (secondary N) is 2. The Bertz CT molecular complexity index is 540. The molecule has 0 aliphatic heterocycles. The Labute approximate surface area is 108 Å². The molecule has 92 valence electrons. The Balaban J connectivity index is 2.09. The zero-order chi connectivity index (χ0) is 13.0. The summed E-state index contributed by atoms with van der Waals surface area (Å²) in [5, 5.41) is 3.10. The zero-order valence-electron chi connectivity index (χ0n) is 9.22. The van der Waals surface area contributed by atoms with Gasteiger partial charge in [-0.25, -0.2) is 9.97 Å². The van der Waals surface area contributed by atoms with Gasteiger partial charge >= 0.3 is 0 Å². The van der Waals surface area contributed by atoms with Crippen LogP contribution >= 0.6 is 11.6 Å². The fourth-order valence-electron chi connectivity index (χ4n) is 1.24. The van der Waals surface area contributed by atoms with E-state index in [-0.39, 0.29) is 11.6 Å². The minimum Gasteiger partial charge on any atom is -0.323 e. The second-order valence-electron chi connectivity index (χ2n) is 3.39. The molecule has 0 spiro atoms. The van der Waals surface area contributed by atoms with Crippen LogP contribution < -0.4 is 16.6 Å². The standard InChI is InChI=1S/C11H10ClN5O/c12-7-1-4-10(15-5-7)16-11(18)9-3-2-8(17-13)6-14-9/h1-6,17H,13H2,(H,15,16,18). The van der Waals surface area contributed by atoms with Gasteiger partial charge in [0.05, 0.1) is 16.9 Å². The van der Waals surface area contributed by atoms with E-state index in [1.165, 1.54) is 12.4 Å². The lowest BCUT2D eigenvalue weighted by Crippen LogP contribution is -2.15. The number of aromatic nitrogens is 2. The normalized spacial score (nSPS) is 9.89. The summed E-state index contributed by atoms with van der Waals surface area (Å²) in [7, 11) is 0. The fourth-order valence-corrected chi connectivity index (χ4v) is 1.36. The molecule has 0 aliphatic rings. The largest absolute Gasteiger partial charge is 0.323 e. The zero-order valence-corrected chi connectivity index (χ0v) is 9.98. The van der Waals surface area contributed by atoms with Gasteiger partial charge in [0.25, 0.3) is 5.91 Å². The Morgan fingerprint density at radius 1 is 1.17 bits per heavy atom. The van der Waals surface area contributed by atoms with Gasteiger partial charge in [0.2, 0.25) is 0 Å². The van der Waals surface area contributed by atoms with Crippen molar-refractivity contribution >= 4 is 29.0 Å². The van der Waals surface area contributed by atoms with Crippen LogP contribution in [0.15, 0.2) is 36.7 Å². The molecule has 0 bridgehead atoms. The fraction of sp³-hybridized carbons (Fsp3) is 0. The van der Waals surface area contributed by atoms with Gasteiger partial charge < -0.3 is 10.7 Å². The molecular weight excluding hydrogens is 254 g/mol. The number of rotatable bonds is 3. The van der Waals surface area contributed by atoms with Crippen LogP contribution in [-0.4, -0.2) is 15.9 Å². The van der Waals surface area contributed by atoms with Crippen LogP contribution in [0.1, 0.15) is 10.5 Å². The maximum atomic E-state index is 11.8. The molecule has 1 amide bonds. The van der Waals surface area contributed by atoms with E-state index in [1.54, 1.807) is 24.3 Å². The van der Waals surface area contributed by atoms with Crippen molar-refractivity contribution in [3.63, 3.8) is 0 Å². The van der Waals surface area contributed by atoms with E-state index in [4.69, 9.17) is 17.4 Å². The topological polar surface area (TPSA) is 92.9 Å². The lowest BCUT2D eigenvalue weighted by Gasteiger charge is -2.04. The molecule has 2 aromatic heterocycles. The first-order valence-corrected chi connectivity index (χ1v) is 5.42. The summed E-state index contributed by atoms with van der Waals surface area (Å²) in [6.07, 6.45) is 2.91. The van der Waals surface area contributed by atoms with Crippen LogP contribution in [0.3, 0.4) is 0 Å². The third kappa shape index (κ3) is 2.93. The van der Waals surface area contributed by atoms with Gasteiger partial charge in [-0.15, -0.1) is 0 Å². The molecule has 6 nitrogen and oxygen atoms in total. The van der Waals surface area contributed by atoms with Crippen LogP contribution in [0, 0.1) is 0 Å². The average Bonchev–Trinajstić information content (AvgIpc) is 2.41. The number of pyridine rings is 2.